The summed E-state index contributed by atoms with van der Waals surface area (Å²) in [4.78, 5) is 34.5. The van der Waals surface area contributed by atoms with Gasteiger partial charge in [-0.25, -0.2) is 14.4 Å². The zero-order valence-corrected chi connectivity index (χ0v) is 16.9. The third kappa shape index (κ3) is 9.20. The van der Waals surface area contributed by atoms with Gasteiger partial charge in [0.25, 0.3) is 0 Å². The SMILES string of the molecule is C=C(C)C(=O)OCCOC(=O)NCCCCCCNC(=O)n1nc(C)cc1C. The molecule has 0 fully saturated rings. The van der Waals surface area contributed by atoms with Gasteiger partial charge in [-0.05, 0) is 39.7 Å². The van der Waals surface area contributed by atoms with Crippen LogP contribution in [0.15, 0.2) is 18.2 Å². The fraction of sp³-hybridized carbons (Fsp3) is 0.579. The molecule has 9 nitrogen and oxygen atoms in total. The first-order valence-corrected chi connectivity index (χ1v) is 9.36. The fourth-order valence-corrected chi connectivity index (χ4v) is 2.34. The molecule has 0 unspecified atom stereocenters. The molecule has 28 heavy (non-hydrogen) atoms. The number of nitrogens with zero attached hydrogens (tertiary/aromatic N) is 2. The number of esters is 1. The number of carbonyl (C=O) groups is 3. The minimum atomic E-state index is -0.538. The molecule has 156 valence electrons. The number of hydrogen-bond donors (Lipinski definition) is 2. The van der Waals surface area contributed by atoms with Crippen molar-refractivity contribution in [2.75, 3.05) is 26.3 Å². The molecule has 0 saturated carbocycles. The van der Waals surface area contributed by atoms with Crippen LogP contribution in [0.3, 0.4) is 0 Å². The van der Waals surface area contributed by atoms with Gasteiger partial charge in [0.2, 0.25) is 0 Å². The monoisotopic (exact) mass is 394 g/mol. The molecule has 0 atom stereocenters. The Bertz CT molecular complexity index is 684. The molecule has 1 aromatic rings. The third-order valence-electron chi connectivity index (χ3n) is 3.75. The maximum Gasteiger partial charge on any atom is 0.407 e. The van der Waals surface area contributed by atoms with Crippen LogP contribution < -0.4 is 10.6 Å². The molecule has 0 saturated heterocycles. The highest BCUT2D eigenvalue weighted by Crippen LogP contribution is 2.02. The van der Waals surface area contributed by atoms with Crippen molar-refractivity contribution >= 4 is 18.1 Å². The van der Waals surface area contributed by atoms with E-state index in [0.717, 1.165) is 37.1 Å². The highest BCUT2D eigenvalue weighted by atomic mass is 16.6. The maximum atomic E-state index is 12.0. The largest absolute Gasteiger partial charge is 0.459 e. The minimum absolute atomic E-state index is 0.000196. The maximum absolute atomic E-state index is 12.0. The number of ether oxygens (including phenoxy) is 2. The summed E-state index contributed by atoms with van der Waals surface area (Å²) in [6, 6.07) is 1.63. The molecule has 0 spiro atoms. The van der Waals surface area contributed by atoms with Crippen molar-refractivity contribution in [3.8, 4) is 0 Å². The van der Waals surface area contributed by atoms with Crippen LogP contribution in [0.25, 0.3) is 0 Å². The van der Waals surface area contributed by atoms with Crippen molar-refractivity contribution in [1.29, 1.82) is 0 Å². The lowest BCUT2D eigenvalue weighted by atomic mass is 10.2. The summed E-state index contributed by atoms with van der Waals surface area (Å²) in [5.41, 5.74) is 1.92. The second kappa shape index (κ2) is 12.5. The molecule has 2 amide bonds. The van der Waals surface area contributed by atoms with E-state index < -0.39 is 12.1 Å². The van der Waals surface area contributed by atoms with Gasteiger partial charge < -0.3 is 20.1 Å². The van der Waals surface area contributed by atoms with Gasteiger partial charge in [0.05, 0.1) is 5.69 Å². The minimum Gasteiger partial charge on any atom is -0.459 e. The number of aryl methyl sites for hydroxylation is 2. The molecule has 1 aromatic heterocycles. The average molecular weight is 394 g/mol. The smallest absolute Gasteiger partial charge is 0.407 e. The lowest BCUT2D eigenvalue weighted by Gasteiger charge is -2.08. The number of aromatic nitrogens is 2. The van der Waals surface area contributed by atoms with Gasteiger partial charge in [-0.15, -0.1) is 0 Å². The van der Waals surface area contributed by atoms with Gasteiger partial charge >= 0.3 is 18.1 Å². The Morgan fingerprint density at radius 1 is 1.04 bits per heavy atom. The Morgan fingerprint density at radius 3 is 2.21 bits per heavy atom. The normalized spacial score (nSPS) is 10.2. The number of alkyl carbamates (subject to hydrolysis) is 1. The van der Waals surface area contributed by atoms with Gasteiger partial charge in [-0.1, -0.05) is 19.4 Å². The van der Waals surface area contributed by atoms with E-state index in [0.29, 0.717) is 18.7 Å². The predicted octanol–water partition coefficient (Wildman–Crippen LogP) is 2.46. The van der Waals surface area contributed by atoms with E-state index in [1.54, 1.807) is 6.92 Å². The highest BCUT2D eigenvalue weighted by Gasteiger charge is 2.08. The van der Waals surface area contributed by atoms with Gasteiger partial charge in [0.15, 0.2) is 0 Å². The number of nitrogens with one attached hydrogen (secondary N) is 2. The van der Waals surface area contributed by atoms with Crippen LogP contribution in [0.1, 0.15) is 44.0 Å². The van der Waals surface area contributed by atoms with Crippen LogP contribution in [0.5, 0.6) is 0 Å². The molecule has 0 aliphatic rings. The van der Waals surface area contributed by atoms with Gasteiger partial charge in [-0.3, -0.25) is 0 Å². The van der Waals surface area contributed by atoms with Crippen LogP contribution in [0.4, 0.5) is 9.59 Å². The van der Waals surface area contributed by atoms with E-state index in [9.17, 15) is 14.4 Å². The summed E-state index contributed by atoms with van der Waals surface area (Å²) in [6.45, 7) is 9.77. The van der Waals surface area contributed by atoms with Crippen molar-refractivity contribution < 1.29 is 23.9 Å². The molecule has 0 aliphatic heterocycles. The van der Waals surface area contributed by atoms with Crippen LogP contribution in [-0.2, 0) is 14.3 Å². The van der Waals surface area contributed by atoms with E-state index in [-0.39, 0.29) is 19.2 Å². The Labute approximate surface area is 165 Å². The van der Waals surface area contributed by atoms with E-state index in [1.165, 1.54) is 4.68 Å². The Hall–Kier alpha value is -2.84. The van der Waals surface area contributed by atoms with Crippen molar-refractivity contribution in [1.82, 2.24) is 20.4 Å². The van der Waals surface area contributed by atoms with Crippen molar-refractivity contribution in [2.24, 2.45) is 0 Å². The summed E-state index contributed by atoms with van der Waals surface area (Å²) < 4.78 is 11.1. The zero-order chi connectivity index (χ0) is 20.9. The molecular formula is C19H30N4O5. The Kier molecular flexibility index (Phi) is 10.4. The quantitative estimate of drug-likeness (QED) is 0.339. The van der Waals surface area contributed by atoms with Crippen molar-refractivity contribution in [3.63, 3.8) is 0 Å². The predicted molar refractivity (Wildman–Crippen MR) is 104 cm³/mol. The molecular weight excluding hydrogens is 364 g/mol. The lowest BCUT2D eigenvalue weighted by Crippen LogP contribution is -2.31. The number of rotatable bonds is 11. The number of carbonyl (C=O) groups excluding carboxylic acids is 3. The highest BCUT2D eigenvalue weighted by molar-refractivity contribution is 5.86. The summed E-state index contributed by atoms with van der Waals surface area (Å²) in [5, 5.41) is 9.60. The first-order chi connectivity index (χ1) is 13.3. The number of amides is 2. The number of hydrogen-bond acceptors (Lipinski definition) is 6. The fourth-order valence-electron chi connectivity index (χ4n) is 2.34. The first-order valence-electron chi connectivity index (χ1n) is 9.36. The summed E-state index contributed by atoms with van der Waals surface area (Å²) in [7, 11) is 0. The van der Waals surface area contributed by atoms with E-state index in [2.05, 4.69) is 22.3 Å². The molecule has 0 bridgehead atoms. The molecule has 0 aromatic carbocycles. The average Bonchev–Trinajstić information content (AvgIpc) is 2.98. The summed E-state index contributed by atoms with van der Waals surface area (Å²) >= 11 is 0. The molecule has 9 heteroatoms. The molecule has 2 N–H and O–H groups in total. The number of unbranched alkanes of at least 4 members (excludes halogenated alkanes) is 3. The standard InChI is InChI=1S/C19H30N4O5/c1-14(2)17(24)27-11-12-28-19(26)21-10-8-6-5-7-9-20-18(25)23-16(4)13-15(3)22-23/h13H,1,5-12H2,2-4H3,(H,20,25)(H,21,26). The van der Waals surface area contributed by atoms with E-state index >= 15 is 0 Å². The van der Waals surface area contributed by atoms with Crippen LogP contribution in [0.2, 0.25) is 0 Å². The van der Waals surface area contributed by atoms with E-state index in [1.807, 2.05) is 19.9 Å². The Balaban J connectivity index is 1.96. The molecule has 0 aliphatic carbocycles. The van der Waals surface area contributed by atoms with Crippen LogP contribution >= 0.6 is 0 Å². The first kappa shape index (κ1) is 23.2. The van der Waals surface area contributed by atoms with Gasteiger partial charge in [0.1, 0.15) is 13.2 Å². The molecule has 0 radical (unpaired) electrons. The van der Waals surface area contributed by atoms with Gasteiger partial charge in [-0.2, -0.15) is 9.78 Å². The van der Waals surface area contributed by atoms with Crippen molar-refractivity contribution in [3.05, 3.63) is 29.6 Å². The van der Waals surface area contributed by atoms with Crippen molar-refractivity contribution in [2.45, 2.75) is 46.5 Å². The zero-order valence-electron chi connectivity index (χ0n) is 16.9. The topological polar surface area (TPSA) is 112 Å². The summed E-state index contributed by atoms with van der Waals surface area (Å²) in [5.74, 6) is -0.505. The summed E-state index contributed by atoms with van der Waals surface area (Å²) in [6.07, 6.45) is 2.98. The van der Waals surface area contributed by atoms with Crippen LogP contribution in [-0.4, -0.2) is 54.2 Å². The lowest BCUT2D eigenvalue weighted by molar-refractivity contribution is -0.139. The van der Waals surface area contributed by atoms with Crippen LogP contribution in [0, 0.1) is 13.8 Å². The molecule has 1 rings (SSSR count). The van der Waals surface area contributed by atoms with Gasteiger partial charge in [0, 0.05) is 24.4 Å². The molecule has 1 heterocycles. The second-order valence-electron chi connectivity index (χ2n) is 6.46. The third-order valence-corrected chi connectivity index (χ3v) is 3.75. The second-order valence-corrected chi connectivity index (χ2v) is 6.46. The van der Waals surface area contributed by atoms with E-state index in [4.69, 9.17) is 9.47 Å². The Morgan fingerprint density at radius 2 is 1.64 bits per heavy atom.